The van der Waals surface area contributed by atoms with Crippen LogP contribution in [-0.2, 0) is 0 Å². The van der Waals surface area contributed by atoms with E-state index >= 15 is 0 Å². The van der Waals surface area contributed by atoms with Gasteiger partial charge in [-0.25, -0.2) is 9.78 Å². The van der Waals surface area contributed by atoms with Gasteiger partial charge in [-0.2, -0.15) is 0 Å². The van der Waals surface area contributed by atoms with E-state index in [1.165, 1.54) is 11.3 Å². The third-order valence-corrected chi connectivity index (χ3v) is 4.83. The van der Waals surface area contributed by atoms with Gasteiger partial charge in [-0.1, -0.05) is 30.4 Å². The number of hydrogen-bond donors (Lipinski definition) is 2. The van der Waals surface area contributed by atoms with Gasteiger partial charge in [0.2, 0.25) is 0 Å². The molecule has 6 heteroatoms. The normalized spacial score (nSPS) is 19.0. The number of benzene rings is 1. The molecule has 21 heavy (non-hydrogen) atoms. The van der Waals surface area contributed by atoms with E-state index in [0.717, 1.165) is 42.8 Å². The standard InChI is InChI=1S/C15H20N4OS/c1-2-19-8-7-11(10-19)9-16-14(20)18-15-17-12-5-3-4-6-13(12)21-15/h3-6,11H,2,7-10H2,1H3,(H2,16,17,18,20). The molecule has 5 nitrogen and oxygen atoms in total. The number of para-hydroxylation sites is 1. The number of amides is 2. The van der Waals surface area contributed by atoms with E-state index in [4.69, 9.17) is 0 Å². The van der Waals surface area contributed by atoms with Crippen LogP contribution < -0.4 is 10.6 Å². The summed E-state index contributed by atoms with van der Waals surface area (Å²) in [5.41, 5.74) is 0.923. The van der Waals surface area contributed by atoms with Crippen molar-refractivity contribution in [3.63, 3.8) is 0 Å². The summed E-state index contributed by atoms with van der Waals surface area (Å²) in [6.07, 6.45) is 1.16. The van der Waals surface area contributed by atoms with E-state index in [-0.39, 0.29) is 6.03 Å². The Morgan fingerprint density at radius 3 is 3.10 bits per heavy atom. The Hall–Kier alpha value is -1.66. The summed E-state index contributed by atoms with van der Waals surface area (Å²) in [6, 6.07) is 7.72. The average molecular weight is 304 g/mol. The minimum absolute atomic E-state index is 0.163. The van der Waals surface area contributed by atoms with Gasteiger partial charge in [-0.05, 0) is 37.6 Å². The van der Waals surface area contributed by atoms with Gasteiger partial charge in [-0.15, -0.1) is 0 Å². The zero-order chi connectivity index (χ0) is 14.7. The van der Waals surface area contributed by atoms with Crippen LogP contribution >= 0.6 is 11.3 Å². The van der Waals surface area contributed by atoms with Crippen LogP contribution in [0.4, 0.5) is 9.93 Å². The molecule has 1 atom stereocenters. The molecule has 2 aromatic rings. The monoisotopic (exact) mass is 304 g/mol. The molecule has 3 rings (SSSR count). The summed E-state index contributed by atoms with van der Waals surface area (Å²) in [5, 5.41) is 6.42. The molecule has 0 aliphatic carbocycles. The second-order valence-electron chi connectivity index (χ2n) is 5.37. The third-order valence-electron chi connectivity index (χ3n) is 3.88. The predicted molar refractivity (Wildman–Crippen MR) is 86.9 cm³/mol. The smallest absolute Gasteiger partial charge is 0.321 e. The first-order valence-corrected chi connectivity index (χ1v) is 8.19. The van der Waals surface area contributed by atoms with Crippen LogP contribution in [0.2, 0.25) is 0 Å². The Morgan fingerprint density at radius 2 is 2.33 bits per heavy atom. The molecule has 2 amide bonds. The molecular weight excluding hydrogens is 284 g/mol. The summed E-state index contributed by atoms with van der Waals surface area (Å²) in [7, 11) is 0. The van der Waals surface area contributed by atoms with Crippen molar-refractivity contribution in [2.24, 2.45) is 5.92 Å². The Morgan fingerprint density at radius 1 is 1.48 bits per heavy atom. The van der Waals surface area contributed by atoms with Gasteiger partial charge in [0.1, 0.15) is 0 Å². The highest BCUT2D eigenvalue weighted by Gasteiger charge is 2.21. The van der Waals surface area contributed by atoms with E-state index in [1.54, 1.807) is 0 Å². The van der Waals surface area contributed by atoms with Crippen LogP contribution in [0.1, 0.15) is 13.3 Å². The Bertz CT molecular complexity index is 594. The van der Waals surface area contributed by atoms with Crippen molar-refractivity contribution in [3.05, 3.63) is 24.3 Å². The maximum absolute atomic E-state index is 11.9. The minimum Gasteiger partial charge on any atom is -0.337 e. The second-order valence-corrected chi connectivity index (χ2v) is 6.40. The first kappa shape index (κ1) is 14.3. The highest BCUT2D eigenvalue weighted by Crippen LogP contribution is 2.25. The summed E-state index contributed by atoms with van der Waals surface area (Å²) in [4.78, 5) is 18.7. The molecule has 0 bridgehead atoms. The fraction of sp³-hybridized carbons (Fsp3) is 0.467. The van der Waals surface area contributed by atoms with Gasteiger partial charge >= 0.3 is 6.03 Å². The maximum atomic E-state index is 11.9. The van der Waals surface area contributed by atoms with E-state index in [0.29, 0.717) is 11.0 Å². The number of aromatic nitrogens is 1. The lowest BCUT2D eigenvalue weighted by Crippen LogP contribution is -2.34. The Balaban J connectivity index is 1.50. The molecule has 1 aliphatic rings. The van der Waals surface area contributed by atoms with Gasteiger partial charge in [-0.3, -0.25) is 5.32 Å². The van der Waals surface area contributed by atoms with Crippen LogP contribution in [0.3, 0.4) is 0 Å². The van der Waals surface area contributed by atoms with Crippen molar-refractivity contribution >= 4 is 32.7 Å². The zero-order valence-corrected chi connectivity index (χ0v) is 12.9. The number of hydrogen-bond acceptors (Lipinski definition) is 4. The molecule has 0 saturated carbocycles. The third kappa shape index (κ3) is 3.51. The number of anilines is 1. The molecule has 1 fully saturated rings. The molecule has 1 aliphatic heterocycles. The van der Waals surface area contributed by atoms with E-state index in [1.807, 2.05) is 24.3 Å². The molecular formula is C15H20N4OS. The molecule has 2 N–H and O–H groups in total. The number of rotatable bonds is 4. The number of fused-ring (bicyclic) bond motifs is 1. The molecule has 0 radical (unpaired) electrons. The number of carbonyl (C=O) groups is 1. The number of nitrogens with one attached hydrogen (secondary N) is 2. The Kier molecular flexibility index (Phi) is 4.36. The van der Waals surface area contributed by atoms with Gasteiger partial charge in [0.25, 0.3) is 0 Å². The first-order valence-electron chi connectivity index (χ1n) is 7.37. The summed E-state index contributed by atoms with van der Waals surface area (Å²) in [5.74, 6) is 0.561. The van der Waals surface area contributed by atoms with E-state index in [9.17, 15) is 4.79 Å². The second kappa shape index (κ2) is 6.41. The van der Waals surface area contributed by atoms with Crippen LogP contribution in [-0.4, -0.2) is 42.1 Å². The van der Waals surface area contributed by atoms with E-state index in [2.05, 4.69) is 27.4 Å². The summed E-state index contributed by atoms with van der Waals surface area (Å²) < 4.78 is 1.09. The predicted octanol–water partition coefficient (Wildman–Crippen LogP) is 2.76. The van der Waals surface area contributed by atoms with Crippen LogP contribution in [0.5, 0.6) is 0 Å². The van der Waals surface area contributed by atoms with Crippen LogP contribution in [0.15, 0.2) is 24.3 Å². The summed E-state index contributed by atoms with van der Waals surface area (Å²) in [6.45, 7) is 6.22. The molecule has 2 heterocycles. The van der Waals surface area contributed by atoms with Gasteiger partial charge in [0, 0.05) is 13.1 Å². The molecule has 0 spiro atoms. The highest BCUT2D eigenvalue weighted by atomic mass is 32.1. The van der Waals surface area contributed by atoms with Crippen molar-refractivity contribution in [1.29, 1.82) is 0 Å². The lowest BCUT2D eigenvalue weighted by molar-refractivity contribution is 0.250. The molecule has 1 aromatic carbocycles. The van der Waals surface area contributed by atoms with Gasteiger partial charge < -0.3 is 10.2 Å². The van der Waals surface area contributed by atoms with Crippen molar-refractivity contribution in [2.75, 3.05) is 31.5 Å². The maximum Gasteiger partial charge on any atom is 0.321 e. The molecule has 1 aromatic heterocycles. The van der Waals surface area contributed by atoms with Gasteiger partial charge in [0.05, 0.1) is 10.2 Å². The highest BCUT2D eigenvalue weighted by molar-refractivity contribution is 7.22. The topological polar surface area (TPSA) is 57.3 Å². The number of urea groups is 1. The first-order chi connectivity index (χ1) is 10.2. The lowest BCUT2D eigenvalue weighted by Gasteiger charge is -2.13. The van der Waals surface area contributed by atoms with Gasteiger partial charge in [0.15, 0.2) is 5.13 Å². The fourth-order valence-electron chi connectivity index (χ4n) is 2.67. The van der Waals surface area contributed by atoms with Crippen molar-refractivity contribution in [1.82, 2.24) is 15.2 Å². The number of nitrogens with zero attached hydrogens (tertiary/aromatic N) is 2. The average Bonchev–Trinajstić information content (AvgIpc) is 3.10. The molecule has 1 saturated heterocycles. The molecule has 1 unspecified atom stereocenters. The summed E-state index contributed by atoms with van der Waals surface area (Å²) >= 11 is 1.50. The lowest BCUT2D eigenvalue weighted by atomic mass is 10.1. The molecule has 112 valence electrons. The van der Waals surface area contributed by atoms with Crippen molar-refractivity contribution < 1.29 is 4.79 Å². The zero-order valence-electron chi connectivity index (χ0n) is 12.1. The van der Waals surface area contributed by atoms with E-state index < -0.39 is 0 Å². The Labute approximate surface area is 128 Å². The minimum atomic E-state index is -0.163. The van der Waals surface area contributed by atoms with Crippen molar-refractivity contribution in [3.8, 4) is 0 Å². The fourth-order valence-corrected chi connectivity index (χ4v) is 3.53. The largest absolute Gasteiger partial charge is 0.337 e. The van der Waals surface area contributed by atoms with Crippen LogP contribution in [0.25, 0.3) is 10.2 Å². The SMILES string of the molecule is CCN1CCC(CNC(=O)Nc2nc3ccccc3s2)C1. The van der Waals surface area contributed by atoms with Crippen LogP contribution in [0, 0.1) is 5.92 Å². The quantitative estimate of drug-likeness (QED) is 0.913. The van der Waals surface area contributed by atoms with Crippen molar-refractivity contribution in [2.45, 2.75) is 13.3 Å². The number of thiazole rings is 1. The number of carbonyl (C=O) groups excluding carboxylic acids is 1. The number of likely N-dealkylation sites (tertiary alicyclic amines) is 1.